The Morgan fingerprint density at radius 1 is 1.23 bits per heavy atom. The molecule has 2 unspecified atom stereocenters. The van der Waals surface area contributed by atoms with E-state index in [4.69, 9.17) is 5.26 Å². The maximum Gasteiger partial charge on any atom is 0.243 e. The molecule has 3 N–H and O–H groups in total. The number of nitrogens with zero attached hydrogens (tertiary/aromatic N) is 1. The molecule has 7 nitrogen and oxygen atoms in total. The van der Waals surface area contributed by atoms with Gasteiger partial charge in [0.15, 0.2) is 0 Å². The van der Waals surface area contributed by atoms with Crippen molar-refractivity contribution < 1.29 is 14.4 Å². The van der Waals surface area contributed by atoms with E-state index in [1.165, 1.54) is 0 Å². The zero-order chi connectivity index (χ0) is 19.9. The fraction of sp³-hybridized carbons (Fsp3) is 0.789. The van der Waals surface area contributed by atoms with Crippen LogP contribution in [0.4, 0.5) is 0 Å². The molecule has 148 valence electrons. The van der Waals surface area contributed by atoms with Crippen LogP contribution in [0, 0.1) is 17.2 Å². The molecule has 0 aliphatic carbocycles. The quantitative estimate of drug-likeness (QED) is 0.542. The standard InChI is InChI=1S/C15H27N3O2.C4H7NO/c1-5-6-7-8-14(19)18-13(9-11(2)3)15(20)17-12(4)10-16;6-4-2-1-3-5-4/h11-13H,5-9H2,1-4H3,(H,17,20)(H,18,19);1-3H2,(H,5,6). The lowest BCUT2D eigenvalue weighted by Gasteiger charge is -2.20. The van der Waals surface area contributed by atoms with E-state index in [1.807, 2.05) is 19.9 Å². The predicted molar refractivity (Wildman–Crippen MR) is 101 cm³/mol. The summed E-state index contributed by atoms with van der Waals surface area (Å²) >= 11 is 0. The molecule has 0 saturated carbocycles. The molecule has 1 saturated heterocycles. The second-order valence-electron chi connectivity index (χ2n) is 7.02. The van der Waals surface area contributed by atoms with Gasteiger partial charge in [-0.05, 0) is 32.1 Å². The third-order valence-corrected chi connectivity index (χ3v) is 3.82. The zero-order valence-corrected chi connectivity index (χ0v) is 16.6. The van der Waals surface area contributed by atoms with E-state index in [1.54, 1.807) is 6.92 Å². The Balaban J connectivity index is 0.000000867. The molecular weight excluding hydrogens is 332 g/mol. The van der Waals surface area contributed by atoms with Crippen molar-refractivity contribution in [1.82, 2.24) is 16.0 Å². The Labute approximate surface area is 157 Å². The predicted octanol–water partition coefficient (Wildman–Crippen LogP) is 2.02. The van der Waals surface area contributed by atoms with Gasteiger partial charge in [0.1, 0.15) is 12.1 Å². The number of nitriles is 1. The van der Waals surface area contributed by atoms with Crippen molar-refractivity contribution in [2.75, 3.05) is 6.54 Å². The van der Waals surface area contributed by atoms with Gasteiger partial charge in [-0.2, -0.15) is 5.26 Å². The van der Waals surface area contributed by atoms with Crippen LogP contribution in [-0.4, -0.2) is 36.3 Å². The Kier molecular flexibility index (Phi) is 13.0. The lowest BCUT2D eigenvalue weighted by Crippen LogP contribution is -2.49. The van der Waals surface area contributed by atoms with Gasteiger partial charge in [0, 0.05) is 19.4 Å². The van der Waals surface area contributed by atoms with Gasteiger partial charge in [0.2, 0.25) is 17.7 Å². The summed E-state index contributed by atoms with van der Waals surface area (Å²) in [6, 6.07) is 0.852. The van der Waals surface area contributed by atoms with E-state index in [2.05, 4.69) is 22.9 Å². The molecule has 0 aromatic carbocycles. The fourth-order valence-corrected chi connectivity index (χ4v) is 2.42. The molecule has 0 bridgehead atoms. The number of rotatable bonds is 9. The second kappa shape index (κ2) is 14.1. The van der Waals surface area contributed by atoms with Crippen LogP contribution in [-0.2, 0) is 14.4 Å². The van der Waals surface area contributed by atoms with E-state index in [-0.39, 0.29) is 17.7 Å². The molecule has 3 amide bonds. The summed E-state index contributed by atoms with van der Waals surface area (Å²) in [5.41, 5.74) is 0. The summed E-state index contributed by atoms with van der Waals surface area (Å²) in [5.74, 6) is 0.120. The average Bonchev–Trinajstić information content (AvgIpc) is 3.05. The van der Waals surface area contributed by atoms with E-state index >= 15 is 0 Å². The van der Waals surface area contributed by atoms with Crippen molar-refractivity contribution in [1.29, 1.82) is 5.26 Å². The summed E-state index contributed by atoms with van der Waals surface area (Å²) in [6.07, 6.45) is 5.70. The van der Waals surface area contributed by atoms with Crippen molar-refractivity contribution in [2.45, 2.75) is 84.7 Å². The topological polar surface area (TPSA) is 111 Å². The first-order chi connectivity index (χ1) is 12.3. The summed E-state index contributed by atoms with van der Waals surface area (Å²) < 4.78 is 0. The van der Waals surface area contributed by atoms with Crippen LogP contribution in [0.5, 0.6) is 0 Å². The van der Waals surface area contributed by atoms with Crippen molar-refractivity contribution in [3.8, 4) is 6.07 Å². The molecular formula is C19H34N4O3. The van der Waals surface area contributed by atoms with E-state index in [9.17, 15) is 14.4 Å². The molecule has 0 spiro atoms. The van der Waals surface area contributed by atoms with Crippen molar-refractivity contribution in [3.05, 3.63) is 0 Å². The van der Waals surface area contributed by atoms with Gasteiger partial charge in [0.05, 0.1) is 6.07 Å². The van der Waals surface area contributed by atoms with Gasteiger partial charge in [-0.1, -0.05) is 33.6 Å². The maximum atomic E-state index is 12.0. The van der Waals surface area contributed by atoms with Gasteiger partial charge >= 0.3 is 0 Å². The van der Waals surface area contributed by atoms with Crippen molar-refractivity contribution in [3.63, 3.8) is 0 Å². The van der Waals surface area contributed by atoms with Crippen LogP contribution in [0.3, 0.4) is 0 Å². The highest BCUT2D eigenvalue weighted by Gasteiger charge is 2.22. The number of carbonyl (C=O) groups is 3. The highest BCUT2D eigenvalue weighted by atomic mass is 16.2. The molecule has 2 atom stereocenters. The minimum Gasteiger partial charge on any atom is -0.356 e. The van der Waals surface area contributed by atoms with E-state index < -0.39 is 12.1 Å². The molecule has 7 heteroatoms. The van der Waals surface area contributed by atoms with Crippen molar-refractivity contribution in [2.24, 2.45) is 5.92 Å². The van der Waals surface area contributed by atoms with Gasteiger partial charge in [0.25, 0.3) is 0 Å². The molecule has 0 aromatic rings. The summed E-state index contributed by atoms with van der Waals surface area (Å²) in [5, 5.41) is 16.8. The van der Waals surface area contributed by atoms with Gasteiger partial charge in [-0.3, -0.25) is 14.4 Å². The molecule has 1 rings (SSSR count). The van der Waals surface area contributed by atoms with Gasteiger partial charge in [-0.25, -0.2) is 0 Å². The fourth-order valence-electron chi connectivity index (χ4n) is 2.42. The normalized spacial score (nSPS) is 15.2. The van der Waals surface area contributed by atoms with Crippen LogP contribution < -0.4 is 16.0 Å². The minimum atomic E-state index is -0.556. The number of unbranched alkanes of at least 4 members (excludes halogenated alkanes) is 2. The first-order valence-corrected chi connectivity index (χ1v) is 9.56. The average molecular weight is 367 g/mol. The third kappa shape index (κ3) is 12.3. The Bertz CT molecular complexity index is 478. The van der Waals surface area contributed by atoms with Gasteiger partial charge in [-0.15, -0.1) is 0 Å². The first kappa shape index (κ1) is 23.9. The number of hydrogen-bond donors (Lipinski definition) is 3. The minimum absolute atomic E-state index is 0.0936. The Morgan fingerprint density at radius 2 is 1.92 bits per heavy atom. The van der Waals surface area contributed by atoms with Crippen LogP contribution in [0.15, 0.2) is 0 Å². The smallest absolute Gasteiger partial charge is 0.243 e. The number of nitrogens with one attached hydrogen (secondary N) is 3. The molecule has 1 aliphatic heterocycles. The SMILES string of the molecule is CCCCCC(=O)NC(CC(C)C)C(=O)NC(C)C#N.O=C1CCCN1. The highest BCUT2D eigenvalue weighted by Crippen LogP contribution is 2.07. The lowest BCUT2D eigenvalue weighted by molar-refractivity contribution is -0.129. The Hall–Kier alpha value is -2.10. The molecule has 1 fully saturated rings. The number of carbonyl (C=O) groups excluding carboxylic acids is 3. The maximum absolute atomic E-state index is 12.0. The number of amides is 3. The largest absolute Gasteiger partial charge is 0.356 e. The van der Waals surface area contributed by atoms with Crippen LogP contribution in [0.25, 0.3) is 0 Å². The molecule has 0 aromatic heterocycles. The first-order valence-electron chi connectivity index (χ1n) is 9.56. The van der Waals surface area contributed by atoms with Crippen LogP contribution >= 0.6 is 0 Å². The lowest BCUT2D eigenvalue weighted by atomic mass is 10.0. The number of hydrogen-bond acceptors (Lipinski definition) is 4. The molecule has 1 heterocycles. The summed E-state index contributed by atoms with van der Waals surface area (Å²) in [7, 11) is 0. The van der Waals surface area contributed by atoms with E-state index in [0.717, 1.165) is 38.6 Å². The molecule has 26 heavy (non-hydrogen) atoms. The molecule has 0 radical (unpaired) electrons. The Morgan fingerprint density at radius 3 is 2.35 bits per heavy atom. The van der Waals surface area contributed by atoms with Crippen molar-refractivity contribution >= 4 is 17.7 Å². The van der Waals surface area contributed by atoms with Gasteiger partial charge < -0.3 is 16.0 Å². The molecule has 1 aliphatic rings. The third-order valence-electron chi connectivity index (χ3n) is 3.82. The van der Waals surface area contributed by atoms with E-state index in [0.29, 0.717) is 18.8 Å². The summed E-state index contributed by atoms with van der Waals surface area (Å²) in [4.78, 5) is 34.0. The second-order valence-corrected chi connectivity index (χ2v) is 7.02. The van der Waals surface area contributed by atoms with Crippen LogP contribution in [0.1, 0.15) is 72.6 Å². The van der Waals surface area contributed by atoms with Crippen LogP contribution in [0.2, 0.25) is 0 Å². The zero-order valence-electron chi connectivity index (χ0n) is 16.6. The monoisotopic (exact) mass is 366 g/mol. The summed E-state index contributed by atoms with van der Waals surface area (Å²) in [6.45, 7) is 8.58. The highest BCUT2D eigenvalue weighted by molar-refractivity contribution is 5.87.